The number of esters is 2. The smallest absolute Gasteiger partial charge is 0.338 e. The highest BCUT2D eigenvalue weighted by Crippen LogP contribution is 2.32. The van der Waals surface area contributed by atoms with Gasteiger partial charge in [0.15, 0.2) is 0 Å². The Balaban J connectivity index is 1.92. The van der Waals surface area contributed by atoms with Gasteiger partial charge in [0.1, 0.15) is 0 Å². The summed E-state index contributed by atoms with van der Waals surface area (Å²) >= 11 is 0. The van der Waals surface area contributed by atoms with Crippen molar-refractivity contribution in [1.82, 2.24) is 15.0 Å². The highest BCUT2D eigenvalue weighted by atomic mass is 16.5. The maximum atomic E-state index is 12.4. The van der Waals surface area contributed by atoms with Gasteiger partial charge in [0.05, 0.1) is 38.1 Å². The molecule has 1 aromatic heterocycles. The predicted octanol–water partition coefficient (Wildman–Crippen LogP) is 4.23. The molecule has 4 rings (SSSR count). The van der Waals surface area contributed by atoms with Gasteiger partial charge in [-0.1, -0.05) is 41.6 Å². The fraction of sp³-hybridized carbons (Fsp3) is 0.120. The Morgan fingerprint density at radius 3 is 1.81 bits per heavy atom. The second-order valence-corrected chi connectivity index (χ2v) is 7.09. The van der Waals surface area contributed by atoms with E-state index in [1.165, 1.54) is 14.2 Å². The van der Waals surface area contributed by atoms with Crippen LogP contribution in [0.2, 0.25) is 0 Å². The largest absolute Gasteiger partial charge is 0.465 e. The number of aromatic nitrogens is 3. The molecule has 0 radical (unpaired) electrons. The number of ether oxygens (including phenoxy) is 2. The Kier molecular flexibility index (Phi) is 6.07. The SMILES string of the molecule is COC(=O)c1ccccc1-c1cc(Cn2ccnn2)cc(-c2ccccc2C(=O)OC)c1. The zero-order valence-electron chi connectivity index (χ0n) is 17.7. The van der Waals surface area contributed by atoms with Gasteiger partial charge in [0.2, 0.25) is 0 Å². The molecule has 160 valence electrons. The summed E-state index contributed by atoms with van der Waals surface area (Å²) < 4.78 is 11.7. The molecule has 0 bridgehead atoms. The lowest BCUT2D eigenvalue weighted by Crippen LogP contribution is -2.06. The molecule has 0 N–H and O–H groups in total. The zero-order valence-corrected chi connectivity index (χ0v) is 17.7. The highest BCUT2D eigenvalue weighted by molar-refractivity contribution is 5.99. The summed E-state index contributed by atoms with van der Waals surface area (Å²) in [6, 6.07) is 20.5. The van der Waals surface area contributed by atoms with Gasteiger partial charge in [0, 0.05) is 6.20 Å². The molecule has 3 aromatic carbocycles. The number of rotatable bonds is 6. The fourth-order valence-electron chi connectivity index (χ4n) is 3.64. The molecule has 32 heavy (non-hydrogen) atoms. The van der Waals surface area contributed by atoms with E-state index in [0.29, 0.717) is 17.7 Å². The van der Waals surface area contributed by atoms with E-state index in [1.807, 2.05) is 42.5 Å². The van der Waals surface area contributed by atoms with Crippen LogP contribution in [-0.2, 0) is 16.0 Å². The summed E-state index contributed by atoms with van der Waals surface area (Å²) in [5, 5.41) is 7.92. The van der Waals surface area contributed by atoms with Crippen LogP contribution in [0, 0.1) is 0 Å². The summed E-state index contributed by atoms with van der Waals surface area (Å²) in [5.41, 5.74) is 4.95. The molecule has 0 aliphatic heterocycles. The van der Waals surface area contributed by atoms with Gasteiger partial charge in [-0.05, 0) is 58.1 Å². The van der Waals surface area contributed by atoms with Gasteiger partial charge in [-0.3, -0.25) is 0 Å². The molecular weight excluding hydrogens is 406 g/mol. The van der Waals surface area contributed by atoms with E-state index in [9.17, 15) is 9.59 Å². The van der Waals surface area contributed by atoms with E-state index in [0.717, 1.165) is 27.8 Å². The Morgan fingerprint density at radius 2 is 1.34 bits per heavy atom. The summed E-state index contributed by atoms with van der Waals surface area (Å²) in [4.78, 5) is 24.8. The monoisotopic (exact) mass is 427 g/mol. The zero-order chi connectivity index (χ0) is 22.5. The Hall–Kier alpha value is -4.26. The van der Waals surface area contributed by atoms with E-state index in [4.69, 9.17) is 9.47 Å². The topological polar surface area (TPSA) is 83.3 Å². The van der Waals surface area contributed by atoms with Gasteiger partial charge in [0.25, 0.3) is 0 Å². The summed E-state index contributed by atoms with van der Waals surface area (Å²) in [6.45, 7) is 0.474. The summed E-state index contributed by atoms with van der Waals surface area (Å²) in [7, 11) is 2.72. The van der Waals surface area contributed by atoms with Crippen molar-refractivity contribution < 1.29 is 19.1 Å². The molecular formula is C25H21N3O4. The summed E-state index contributed by atoms with van der Waals surface area (Å²) in [6.07, 6.45) is 3.39. The van der Waals surface area contributed by atoms with E-state index in [1.54, 1.807) is 41.3 Å². The summed E-state index contributed by atoms with van der Waals surface area (Å²) in [5.74, 6) is -0.836. The van der Waals surface area contributed by atoms with Crippen LogP contribution in [-0.4, -0.2) is 41.2 Å². The third-order valence-corrected chi connectivity index (χ3v) is 5.10. The van der Waals surface area contributed by atoms with Crippen molar-refractivity contribution in [3.63, 3.8) is 0 Å². The lowest BCUT2D eigenvalue weighted by atomic mass is 9.92. The van der Waals surface area contributed by atoms with Crippen LogP contribution in [0.4, 0.5) is 0 Å². The van der Waals surface area contributed by atoms with Crippen LogP contribution in [0.5, 0.6) is 0 Å². The molecule has 0 amide bonds. The van der Waals surface area contributed by atoms with Crippen molar-refractivity contribution in [3.8, 4) is 22.3 Å². The maximum Gasteiger partial charge on any atom is 0.338 e. The van der Waals surface area contributed by atoms with E-state index < -0.39 is 11.9 Å². The van der Waals surface area contributed by atoms with Crippen molar-refractivity contribution in [2.24, 2.45) is 0 Å². The maximum absolute atomic E-state index is 12.4. The van der Waals surface area contributed by atoms with Crippen LogP contribution < -0.4 is 0 Å². The average molecular weight is 427 g/mol. The quantitative estimate of drug-likeness (QED) is 0.428. The minimum absolute atomic E-state index is 0.418. The Bertz CT molecular complexity index is 1190. The van der Waals surface area contributed by atoms with Gasteiger partial charge in [-0.15, -0.1) is 5.10 Å². The second-order valence-electron chi connectivity index (χ2n) is 7.09. The molecule has 1 heterocycles. The molecule has 0 fully saturated rings. The van der Waals surface area contributed by atoms with E-state index in [-0.39, 0.29) is 0 Å². The first-order chi connectivity index (χ1) is 15.6. The Morgan fingerprint density at radius 1 is 0.812 bits per heavy atom. The number of carbonyl (C=O) groups excluding carboxylic acids is 2. The number of benzene rings is 3. The van der Waals surface area contributed by atoms with E-state index in [2.05, 4.69) is 10.3 Å². The van der Waals surface area contributed by atoms with Crippen LogP contribution in [0.25, 0.3) is 22.3 Å². The number of methoxy groups -OCH3 is 2. The molecule has 7 heteroatoms. The van der Waals surface area contributed by atoms with Crippen LogP contribution in [0.3, 0.4) is 0 Å². The molecule has 0 unspecified atom stereocenters. The van der Waals surface area contributed by atoms with Gasteiger partial charge >= 0.3 is 11.9 Å². The Labute approximate surface area is 185 Å². The number of hydrogen-bond donors (Lipinski definition) is 0. The second kappa shape index (κ2) is 9.26. The van der Waals surface area contributed by atoms with Gasteiger partial charge in [-0.2, -0.15) is 0 Å². The molecule has 0 atom stereocenters. The van der Waals surface area contributed by atoms with Crippen molar-refractivity contribution in [3.05, 3.63) is 95.8 Å². The first-order valence-electron chi connectivity index (χ1n) is 9.94. The predicted molar refractivity (Wildman–Crippen MR) is 119 cm³/mol. The van der Waals surface area contributed by atoms with Gasteiger partial charge in [-0.25, -0.2) is 14.3 Å². The first kappa shape index (κ1) is 21.0. The first-order valence-corrected chi connectivity index (χ1v) is 9.94. The van der Waals surface area contributed by atoms with Crippen LogP contribution in [0.15, 0.2) is 79.1 Å². The average Bonchev–Trinajstić information content (AvgIpc) is 3.35. The molecule has 7 nitrogen and oxygen atoms in total. The molecule has 0 spiro atoms. The third kappa shape index (κ3) is 4.27. The normalized spacial score (nSPS) is 10.6. The minimum atomic E-state index is -0.418. The van der Waals surface area contributed by atoms with Crippen molar-refractivity contribution in [2.45, 2.75) is 6.54 Å². The number of nitrogens with zero attached hydrogens (tertiary/aromatic N) is 3. The molecule has 0 aliphatic rings. The molecule has 4 aromatic rings. The fourth-order valence-corrected chi connectivity index (χ4v) is 3.64. The van der Waals surface area contributed by atoms with Crippen molar-refractivity contribution in [1.29, 1.82) is 0 Å². The lowest BCUT2D eigenvalue weighted by molar-refractivity contribution is 0.0592. The molecule has 0 aliphatic carbocycles. The number of carbonyl (C=O) groups is 2. The number of hydrogen-bond acceptors (Lipinski definition) is 6. The third-order valence-electron chi connectivity index (χ3n) is 5.10. The molecule has 0 saturated heterocycles. The van der Waals surface area contributed by atoms with Gasteiger partial charge < -0.3 is 9.47 Å². The van der Waals surface area contributed by atoms with Crippen LogP contribution in [0.1, 0.15) is 26.3 Å². The standard InChI is InChI=1S/C25H21N3O4/c1-31-24(29)22-9-5-3-7-20(22)18-13-17(16-28-12-11-26-27-28)14-19(15-18)21-8-4-6-10-23(21)25(30)32-2/h3-15H,16H2,1-2H3. The van der Waals surface area contributed by atoms with E-state index >= 15 is 0 Å². The lowest BCUT2D eigenvalue weighted by Gasteiger charge is -2.14. The molecule has 0 saturated carbocycles. The highest BCUT2D eigenvalue weighted by Gasteiger charge is 2.17. The van der Waals surface area contributed by atoms with Crippen LogP contribution >= 0.6 is 0 Å². The van der Waals surface area contributed by atoms with Crippen molar-refractivity contribution in [2.75, 3.05) is 14.2 Å². The minimum Gasteiger partial charge on any atom is -0.465 e. The van der Waals surface area contributed by atoms with Crippen molar-refractivity contribution >= 4 is 11.9 Å².